The zero-order chi connectivity index (χ0) is 8.43. The van der Waals surface area contributed by atoms with Crippen LogP contribution < -0.4 is 0 Å². The van der Waals surface area contributed by atoms with Gasteiger partial charge in [0.2, 0.25) is 0 Å². The third kappa shape index (κ3) is 1.57. The van der Waals surface area contributed by atoms with Crippen molar-refractivity contribution in [1.29, 1.82) is 0 Å². The van der Waals surface area contributed by atoms with Gasteiger partial charge in [0.15, 0.2) is 16.7 Å². The summed E-state index contributed by atoms with van der Waals surface area (Å²) >= 11 is 3.05. The van der Waals surface area contributed by atoms with E-state index in [4.69, 9.17) is 4.42 Å². The first kappa shape index (κ1) is 8.20. The van der Waals surface area contributed by atoms with Crippen LogP contribution in [0.3, 0.4) is 0 Å². The lowest BCUT2D eigenvalue weighted by molar-refractivity contribution is -0.104. The Morgan fingerprint density at radius 1 is 1.73 bits per heavy atom. The normalized spacial score (nSPS) is 9.64. The number of halogens is 1. The molecule has 0 aliphatic rings. The predicted octanol–water partition coefficient (Wildman–Crippen LogP) is 1.73. The van der Waals surface area contributed by atoms with Crippen molar-refractivity contribution in [2.24, 2.45) is 0 Å². The minimum absolute atomic E-state index is 0.104. The van der Waals surface area contributed by atoms with Gasteiger partial charge in [-0.2, -0.15) is 0 Å². The van der Waals surface area contributed by atoms with Gasteiger partial charge in [-0.05, 0) is 28.9 Å². The average Bonchev–Trinajstić information content (AvgIpc) is 2.28. The van der Waals surface area contributed by atoms with Crippen LogP contribution in [0.2, 0.25) is 0 Å². The van der Waals surface area contributed by atoms with Gasteiger partial charge in [-0.3, -0.25) is 9.59 Å². The maximum atomic E-state index is 10.8. The molecule has 3 nitrogen and oxygen atoms in total. The SMILES string of the molecule is Cc1cc(Br)oc1C(=O)C=O. The van der Waals surface area contributed by atoms with Crippen LogP contribution >= 0.6 is 15.9 Å². The van der Waals surface area contributed by atoms with Crippen molar-refractivity contribution >= 4 is 28.0 Å². The predicted molar refractivity (Wildman–Crippen MR) is 41.5 cm³/mol. The van der Waals surface area contributed by atoms with E-state index in [0.29, 0.717) is 10.2 Å². The number of hydrogen-bond donors (Lipinski definition) is 0. The molecule has 58 valence electrons. The third-order valence-corrected chi connectivity index (χ3v) is 1.61. The fourth-order valence-corrected chi connectivity index (χ4v) is 1.25. The lowest BCUT2D eigenvalue weighted by atomic mass is 10.2. The Kier molecular flexibility index (Phi) is 2.24. The molecule has 0 saturated carbocycles. The van der Waals surface area contributed by atoms with E-state index in [9.17, 15) is 9.59 Å². The number of rotatable bonds is 2. The molecular weight excluding hydrogens is 212 g/mol. The Morgan fingerprint density at radius 3 is 2.73 bits per heavy atom. The molecule has 1 aromatic heterocycles. The maximum Gasteiger partial charge on any atom is 0.260 e. The highest BCUT2D eigenvalue weighted by atomic mass is 79.9. The van der Waals surface area contributed by atoms with Crippen molar-refractivity contribution in [2.75, 3.05) is 0 Å². The smallest absolute Gasteiger partial charge is 0.260 e. The third-order valence-electron chi connectivity index (χ3n) is 1.22. The summed E-state index contributed by atoms with van der Waals surface area (Å²) in [5.74, 6) is -0.528. The number of aryl methyl sites for hydroxylation is 1. The number of Topliss-reactive ketones (excluding diaryl/α,β-unsaturated/α-hetero) is 1. The first-order valence-electron chi connectivity index (χ1n) is 2.90. The number of carbonyl (C=O) groups is 2. The van der Waals surface area contributed by atoms with Gasteiger partial charge in [0, 0.05) is 5.56 Å². The molecular formula is C7H5BrO3. The van der Waals surface area contributed by atoms with E-state index in [1.54, 1.807) is 13.0 Å². The first-order valence-corrected chi connectivity index (χ1v) is 3.70. The highest BCUT2D eigenvalue weighted by Gasteiger charge is 2.12. The number of aldehydes is 1. The molecule has 0 bridgehead atoms. The number of ketones is 1. The fraction of sp³-hybridized carbons (Fsp3) is 0.143. The molecule has 11 heavy (non-hydrogen) atoms. The van der Waals surface area contributed by atoms with Crippen molar-refractivity contribution in [3.63, 3.8) is 0 Å². The van der Waals surface area contributed by atoms with Crippen LogP contribution in [0.15, 0.2) is 15.2 Å². The summed E-state index contributed by atoms with van der Waals surface area (Å²) in [4.78, 5) is 20.8. The van der Waals surface area contributed by atoms with Gasteiger partial charge in [0.05, 0.1) is 0 Å². The van der Waals surface area contributed by atoms with Crippen molar-refractivity contribution in [2.45, 2.75) is 6.92 Å². The number of carbonyl (C=O) groups excluding carboxylic acids is 2. The Hall–Kier alpha value is -0.900. The van der Waals surface area contributed by atoms with Crippen LogP contribution in [-0.2, 0) is 4.79 Å². The minimum atomic E-state index is -0.631. The topological polar surface area (TPSA) is 47.3 Å². The number of furan rings is 1. The van der Waals surface area contributed by atoms with Crippen LogP contribution in [0.25, 0.3) is 0 Å². The van der Waals surface area contributed by atoms with Gasteiger partial charge in [0.1, 0.15) is 0 Å². The molecule has 0 unspecified atom stereocenters. The molecule has 0 fully saturated rings. The van der Waals surface area contributed by atoms with Crippen molar-refractivity contribution in [3.8, 4) is 0 Å². The van der Waals surface area contributed by atoms with E-state index in [0.717, 1.165) is 0 Å². The maximum absolute atomic E-state index is 10.8. The Labute approximate surface area is 71.5 Å². The molecule has 0 spiro atoms. The van der Waals surface area contributed by atoms with Crippen molar-refractivity contribution < 1.29 is 14.0 Å². The minimum Gasteiger partial charge on any atom is -0.445 e. The zero-order valence-corrected chi connectivity index (χ0v) is 7.34. The van der Waals surface area contributed by atoms with Crippen LogP contribution in [0.4, 0.5) is 0 Å². The Balaban J connectivity index is 3.12. The Morgan fingerprint density at radius 2 is 2.36 bits per heavy atom. The molecule has 0 aliphatic carbocycles. The van der Waals surface area contributed by atoms with E-state index < -0.39 is 5.78 Å². The molecule has 0 aliphatic heterocycles. The summed E-state index contributed by atoms with van der Waals surface area (Å²) in [7, 11) is 0. The molecule has 0 amide bonds. The Bertz CT molecular complexity index is 301. The summed E-state index contributed by atoms with van der Waals surface area (Å²) in [5.41, 5.74) is 0.661. The van der Waals surface area contributed by atoms with Gasteiger partial charge in [0.25, 0.3) is 5.78 Å². The second-order valence-corrected chi connectivity index (χ2v) is 2.83. The lowest BCUT2D eigenvalue weighted by Gasteiger charge is -1.86. The summed E-state index contributed by atoms with van der Waals surface area (Å²) in [5, 5.41) is 0. The first-order chi connectivity index (χ1) is 5.15. The van der Waals surface area contributed by atoms with Crippen LogP contribution in [0, 0.1) is 6.92 Å². The van der Waals surface area contributed by atoms with Crippen molar-refractivity contribution in [3.05, 3.63) is 22.1 Å². The second-order valence-electron chi connectivity index (χ2n) is 2.04. The van der Waals surface area contributed by atoms with Gasteiger partial charge >= 0.3 is 0 Å². The molecule has 1 rings (SSSR count). The largest absolute Gasteiger partial charge is 0.445 e. The molecule has 4 heteroatoms. The van der Waals surface area contributed by atoms with Gasteiger partial charge in [-0.1, -0.05) is 0 Å². The summed E-state index contributed by atoms with van der Waals surface area (Å²) in [6, 6.07) is 1.64. The zero-order valence-electron chi connectivity index (χ0n) is 5.76. The average molecular weight is 217 g/mol. The molecule has 0 saturated heterocycles. The molecule has 1 aromatic rings. The molecule has 0 N–H and O–H groups in total. The number of hydrogen-bond acceptors (Lipinski definition) is 3. The summed E-state index contributed by atoms with van der Waals surface area (Å²) in [6.07, 6.45) is 0.234. The van der Waals surface area contributed by atoms with Crippen LogP contribution in [0.5, 0.6) is 0 Å². The van der Waals surface area contributed by atoms with Crippen LogP contribution in [-0.4, -0.2) is 12.1 Å². The van der Waals surface area contributed by atoms with Crippen molar-refractivity contribution in [1.82, 2.24) is 0 Å². The van der Waals surface area contributed by atoms with Crippen LogP contribution in [0.1, 0.15) is 16.1 Å². The summed E-state index contributed by atoms with van der Waals surface area (Å²) in [6.45, 7) is 1.70. The quantitative estimate of drug-likeness (QED) is 0.430. The summed E-state index contributed by atoms with van der Waals surface area (Å²) < 4.78 is 5.36. The second kappa shape index (κ2) is 3.00. The lowest BCUT2D eigenvalue weighted by Crippen LogP contribution is -1.98. The highest BCUT2D eigenvalue weighted by Crippen LogP contribution is 2.19. The van der Waals surface area contributed by atoms with E-state index >= 15 is 0 Å². The van der Waals surface area contributed by atoms with E-state index in [1.807, 2.05) is 0 Å². The van der Waals surface area contributed by atoms with E-state index in [-0.39, 0.29) is 12.0 Å². The van der Waals surface area contributed by atoms with Gasteiger partial charge in [-0.25, -0.2) is 0 Å². The molecule has 0 aromatic carbocycles. The molecule has 1 heterocycles. The standard InChI is InChI=1S/C7H5BrO3/c1-4-2-6(8)11-7(4)5(10)3-9/h2-3H,1H3. The monoisotopic (exact) mass is 216 g/mol. The van der Waals surface area contributed by atoms with E-state index in [1.165, 1.54) is 0 Å². The van der Waals surface area contributed by atoms with Gasteiger partial charge in [-0.15, -0.1) is 0 Å². The highest BCUT2D eigenvalue weighted by molar-refractivity contribution is 9.10. The van der Waals surface area contributed by atoms with E-state index in [2.05, 4.69) is 15.9 Å². The molecule has 0 atom stereocenters. The molecule has 0 radical (unpaired) electrons. The van der Waals surface area contributed by atoms with Gasteiger partial charge < -0.3 is 4.42 Å². The fourth-order valence-electron chi connectivity index (χ4n) is 0.741.